The summed E-state index contributed by atoms with van der Waals surface area (Å²) < 4.78 is 37.7. The second-order valence-corrected chi connectivity index (χ2v) is 10.1. The zero-order chi connectivity index (χ0) is 24.5. The smallest absolute Gasteiger partial charge is 0.269 e. The van der Waals surface area contributed by atoms with Gasteiger partial charge >= 0.3 is 0 Å². The molecule has 0 spiro atoms. The van der Waals surface area contributed by atoms with Crippen molar-refractivity contribution in [3.05, 3.63) is 88.2 Å². The van der Waals surface area contributed by atoms with E-state index in [2.05, 4.69) is 0 Å². The van der Waals surface area contributed by atoms with Crippen molar-refractivity contribution in [2.45, 2.75) is 4.90 Å². The highest BCUT2D eigenvalue weighted by atomic mass is 32.2. The van der Waals surface area contributed by atoms with Crippen molar-refractivity contribution in [1.82, 2.24) is 4.90 Å². The minimum Gasteiger partial charge on any atom is -0.368 e. The fraction of sp³-hybridized carbons (Fsp3) is 0.208. The van der Waals surface area contributed by atoms with Crippen LogP contribution in [0.3, 0.4) is 0 Å². The average molecular weight is 484 g/mol. The van der Waals surface area contributed by atoms with Gasteiger partial charge in [0.2, 0.25) is 0 Å². The SMILES string of the molecule is CS(=O)(=O)c1ccc(-c2ccc(F)cc2)c(C(=O)N2CCN(c3ccc([N+](=O)[O-])cc3)CC2)c1. The molecular formula is C24H22FN3O5S. The lowest BCUT2D eigenvalue weighted by Gasteiger charge is -2.36. The van der Waals surface area contributed by atoms with Gasteiger partial charge in [-0.05, 0) is 47.5 Å². The minimum atomic E-state index is -3.54. The number of nitro groups is 1. The summed E-state index contributed by atoms with van der Waals surface area (Å²) in [6.45, 7) is 1.81. The molecule has 8 nitrogen and oxygen atoms in total. The van der Waals surface area contributed by atoms with E-state index >= 15 is 0 Å². The Morgan fingerprint density at radius 2 is 1.56 bits per heavy atom. The van der Waals surface area contributed by atoms with E-state index in [4.69, 9.17) is 0 Å². The van der Waals surface area contributed by atoms with Crippen LogP contribution in [-0.4, -0.2) is 56.6 Å². The maximum atomic E-state index is 13.5. The summed E-state index contributed by atoms with van der Waals surface area (Å²) >= 11 is 0. The van der Waals surface area contributed by atoms with Crippen molar-refractivity contribution in [2.75, 3.05) is 37.3 Å². The second-order valence-electron chi connectivity index (χ2n) is 8.04. The van der Waals surface area contributed by atoms with Crippen molar-refractivity contribution < 1.29 is 22.5 Å². The molecule has 1 heterocycles. The number of nitrogens with zero attached hydrogens (tertiary/aromatic N) is 3. The molecule has 1 fully saturated rings. The molecule has 0 aliphatic carbocycles. The van der Waals surface area contributed by atoms with Crippen LogP contribution in [0, 0.1) is 15.9 Å². The molecule has 0 radical (unpaired) electrons. The highest BCUT2D eigenvalue weighted by molar-refractivity contribution is 7.90. The molecule has 0 aromatic heterocycles. The number of hydrogen-bond donors (Lipinski definition) is 0. The van der Waals surface area contributed by atoms with Crippen molar-refractivity contribution in [2.24, 2.45) is 0 Å². The zero-order valence-corrected chi connectivity index (χ0v) is 19.2. The summed E-state index contributed by atoms with van der Waals surface area (Å²) in [7, 11) is -3.54. The molecule has 10 heteroatoms. The third-order valence-electron chi connectivity index (χ3n) is 5.80. The summed E-state index contributed by atoms with van der Waals surface area (Å²) in [5.74, 6) is -0.722. The van der Waals surface area contributed by atoms with Crippen LogP contribution in [0.2, 0.25) is 0 Å². The molecular weight excluding hydrogens is 461 g/mol. The maximum absolute atomic E-state index is 13.5. The Kier molecular flexibility index (Phi) is 6.34. The first-order valence-electron chi connectivity index (χ1n) is 10.5. The van der Waals surface area contributed by atoms with Gasteiger partial charge in [-0.3, -0.25) is 14.9 Å². The summed E-state index contributed by atoms with van der Waals surface area (Å²) in [6, 6.07) is 16.3. The van der Waals surface area contributed by atoms with Gasteiger partial charge in [-0.1, -0.05) is 18.2 Å². The third kappa shape index (κ3) is 4.91. The van der Waals surface area contributed by atoms with Gasteiger partial charge in [0.15, 0.2) is 9.84 Å². The summed E-state index contributed by atoms with van der Waals surface area (Å²) in [5, 5.41) is 10.9. The number of carbonyl (C=O) groups excluding carboxylic acids is 1. The number of rotatable bonds is 5. The van der Waals surface area contributed by atoms with E-state index in [1.165, 1.54) is 36.4 Å². The van der Waals surface area contributed by atoms with E-state index in [1.807, 2.05) is 4.90 Å². The molecule has 0 atom stereocenters. The predicted octanol–water partition coefficient (Wildman–Crippen LogP) is 3.77. The molecule has 1 saturated heterocycles. The standard InChI is InChI=1S/C24H22FN3O5S/c1-34(32,33)21-10-11-22(17-2-4-18(25)5-3-17)23(16-21)24(29)27-14-12-26(13-15-27)19-6-8-20(9-7-19)28(30)31/h2-11,16H,12-15H2,1H3. The van der Waals surface area contributed by atoms with Gasteiger partial charge in [0.25, 0.3) is 11.6 Å². The van der Waals surface area contributed by atoms with Crippen LogP contribution < -0.4 is 4.90 Å². The van der Waals surface area contributed by atoms with Gasteiger partial charge in [-0.2, -0.15) is 0 Å². The predicted molar refractivity (Wildman–Crippen MR) is 126 cm³/mol. The first-order chi connectivity index (χ1) is 16.1. The quantitative estimate of drug-likeness (QED) is 0.405. The Bertz CT molecular complexity index is 1330. The molecule has 0 unspecified atom stereocenters. The molecule has 3 aromatic rings. The fourth-order valence-electron chi connectivity index (χ4n) is 3.94. The number of benzene rings is 3. The van der Waals surface area contributed by atoms with Crippen LogP contribution in [0.1, 0.15) is 10.4 Å². The summed E-state index contributed by atoms with van der Waals surface area (Å²) in [4.78, 5) is 27.6. The first kappa shape index (κ1) is 23.4. The second kappa shape index (κ2) is 9.22. The molecule has 1 aliphatic heterocycles. The van der Waals surface area contributed by atoms with Crippen LogP contribution in [-0.2, 0) is 9.84 Å². The zero-order valence-electron chi connectivity index (χ0n) is 18.3. The number of sulfone groups is 1. The van der Waals surface area contributed by atoms with Crippen LogP contribution in [0.4, 0.5) is 15.8 Å². The number of anilines is 1. The largest absolute Gasteiger partial charge is 0.368 e. The van der Waals surface area contributed by atoms with Gasteiger partial charge < -0.3 is 9.80 Å². The Morgan fingerprint density at radius 1 is 0.941 bits per heavy atom. The Balaban J connectivity index is 1.58. The number of halogens is 1. The lowest BCUT2D eigenvalue weighted by atomic mass is 9.98. The van der Waals surface area contributed by atoms with Crippen LogP contribution in [0.5, 0.6) is 0 Å². The molecule has 4 rings (SSSR count). The molecule has 0 bridgehead atoms. The van der Waals surface area contributed by atoms with Crippen molar-refractivity contribution in [3.8, 4) is 11.1 Å². The number of amides is 1. The van der Waals surface area contributed by atoms with E-state index in [9.17, 15) is 27.7 Å². The van der Waals surface area contributed by atoms with Gasteiger partial charge in [-0.25, -0.2) is 12.8 Å². The van der Waals surface area contributed by atoms with Crippen molar-refractivity contribution in [1.29, 1.82) is 0 Å². The van der Waals surface area contributed by atoms with E-state index in [0.29, 0.717) is 37.3 Å². The first-order valence-corrected chi connectivity index (χ1v) is 12.4. The molecule has 34 heavy (non-hydrogen) atoms. The summed E-state index contributed by atoms with van der Waals surface area (Å²) in [6.07, 6.45) is 1.08. The van der Waals surface area contributed by atoms with Gasteiger partial charge in [0, 0.05) is 55.8 Å². The van der Waals surface area contributed by atoms with Gasteiger partial charge in [-0.15, -0.1) is 0 Å². The Morgan fingerprint density at radius 3 is 2.12 bits per heavy atom. The van der Waals surface area contributed by atoms with E-state index in [1.54, 1.807) is 35.2 Å². The van der Waals surface area contributed by atoms with E-state index in [-0.39, 0.29) is 22.1 Å². The Labute approximate surface area is 196 Å². The molecule has 0 N–H and O–H groups in total. The highest BCUT2D eigenvalue weighted by Gasteiger charge is 2.26. The monoisotopic (exact) mass is 483 g/mol. The minimum absolute atomic E-state index is 0.0108. The van der Waals surface area contributed by atoms with Crippen LogP contribution in [0.25, 0.3) is 11.1 Å². The van der Waals surface area contributed by atoms with Crippen LogP contribution in [0.15, 0.2) is 71.6 Å². The number of hydrogen-bond acceptors (Lipinski definition) is 6. The number of nitro benzene ring substituents is 1. The highest BCUT2D eigenvalue weighted by Crippen LogP contribution is 2.29. The van der Waals surface area contributed by atoms with Crippen molar-refractivity contribution in [3.63, 3.8) is 0 Å². The lowest BCUT2D eigenvalue weighted by molar-refractivity contribution is -0.384. The van der Waals surface area contributed by atoms with Gasteiger partial charge in [0.1, 0.15) is 5.82 Å². The molecule has 0 saturated carbocycles. The number of carbonyl (C=O) groups is 1. The normalized spacial score (nSPS) is 14.2. The van der Waals surface area contributed by atoms with E-state index in [0.717, 1.165) is 11.9 Å². The summed E-state index contributed by atoms with van der Waals surface area (Å²) in [5.41, 5.74) is 2.20. The molecule has 3 aromatic carbocycles. The average Bonchev–Trinajstić information content (AvgIpc) is 2.83. The number of non-ortho nitro benzene ring substituents is 1. The topological polar surface area (TPSA) is 101 Å². The van der Waals surface area contributed by atoms with Crippen LogP contribution >= 0.6 is 0 Å². The lowest BCUT2D eigenvalue weighted by Crippen LogP contribution is -2.48. The maximum Gasteiger partial charge on any atom is 0.269 e. The van der Waals surface area contributed by atoms with E-state index < -0.39 is 20.6 Å². The number of piperazine rings is 1. The molecule has 1 aliphatic rings. The fourth-order valence-corrected chi connectivity index (χ4v) is 4.58. The van der Waals surface area contributed by atoms with Crippen molar-refractivity contribution >= 4 is 27.1 Å². The molecule has 176 valence electrons. The third-order valence-corrected chi connectivity index (χ3v) is 6.91. The van der Waals surface area contributed by atoms with Gasteiger partial charge in [0.05, 0.1) is 9.82 Å². The Hall–Kier alpha value is -3.79. The molecule has 1 amide bonds.